The molecule has 0 aliphatic heterocycles. The van der Waals surface area contributed by atoms with Gasteiger partial charge in [0.2, 0.25) is 4.33 Å². The van der Waals surface area contributed by atoms with Crippen molar-refractivity contribution in [3.63, 3.8) is 0 Å². The Kier molecular flexibility index (Phi) is 8.74. The maximum absolute atomic E-state index is 10.8. The third kappa shape index (κ3) is 7.17. The van der Waals surface area contributed by atoms with E-state index in [1.807, 2.05) is 0 Å². The summed E-state index contributed by atoms with van der Waals surface area (Å²) < 4.78 is -1.62. The van der Waals surface area contributed by atoms with Gasteiger partial charge in [-0.2, -0.15) is 0 Å². The lowest BCUT2D eigenvalue weighted by Crippen LogP contribution is -2.25. The molecule has 0 unspecified atom stereocenters. The van der Waals surface area contributed by atoms with Crippen LogP contribution in [0.1, 0.15) is 63.4 Å². The van der Waals surface area contributed by atoms with Crippen molar-refractivity contribution in [1.29, 1.82) is 0 Å². The van der Waals surface area contributed by atoms with E-state index in [9.17, 15) is 4.79 Å². The lowest BCUT2D eigenvalue weighted by atomic mass is 10.0. The van der Waals surface area contributed by atoms with Crippen molar-refractivity contribution in [3.8, 4) is 0 Å². The molecule has 2 nitrogen and oxygen atoms in total. The second-order valence-electron chi connectivity index (χ2n) is 7.02. The largest absolute Gasteiger partial charge is 0.479 e. The summed E-state index contributed by atoms with van der Waals surface area (Å²) in [4.78, 5) is 10.8. The third-order valence-electron chi connectivity index (χ3n) is 4.83. The molecule has 2 aromatic carbocycles. The van der Waals surface area contributed by atoms with Crippen molar-refractivity contribution in [3.05, 3.63) is 48.0 Å². The zero-order valence-electron chi connectivity index (χ0n) is 15.2. The van der Waals surface area contributed by atoms with E-state index in [0.717, 1.165) is 25.7 Å². The van der Waals surface area contributed by atoms with E-state index >= 15 is 0 Å². The van der Waals surface area contributed by atoms with E-state index in [4.69, 9.17) is 28.3 Å². The minimum atomic E-state index is -1.62. The molecule has 0 fully saturated rings. The predicted molar refractivity (Wildman–Crippen MR) is 111 cm³/mol. The molecule has 0 radical (unpaired) electrons. The SMILES string of the molecule is O=C(O)C(Cl)(Cl)CCCCCCCCCCc1ccc2ccccc2c1. The number of carboxylic acid groups (broad SMARTS) is 1. The number of aryl methyl sites for hydroxylation is 1. The van der Waals surface area contributed by atoms with E-state index in [2.05, 4.69) is 42.5 Å². The van der Waals surface area contributed by atoms with Gasteiger partial charge in [-0.05, 0) is 42.0 Å². The highest BCUT2D eigenvalue weighted by Crippen LogP contribution is 2.28. The summed E-state index contributed by atoms with van der Waals surface area (Å²) in [6.07, 6.45) is 10.5. The molecule has 0 spiro atoms. The molecule has 4 heteroatoms. The second-order valence-corrected chi connectivity index (χ2v) is 8.50. The van der Waals surface area contributed by atoms with Crippen LogP contribution in [-0.2, 0) is 11.2 Å². The number of aliphatic carboxylic acids is 1. The zero-order chi connectivity index (χ0) is 18.8. The van der Waals surface area contributed by atoms with Gasteiger partial charge in [0.15, 0.2) is 0 Å². The van der Waals surface area contributed by atoms with Crippen LogP contribution in [0.4, 0.5) is 0 Å². The van der Waals surface area contributed by atoms with E-state index < -0.39 is 10.3 Å². The first-order valence-corrected chi connectivity index (χ1v) is 10.3. The number of rotatable bonds is 12. The topological polar surface area (TPSA) is 37.3 Å². The number of alkyl halides is 2. The molecule has 1 N–H and O–H groups in total. The summed E-state index contributed by atoms with van der Waals surface area (Å²) in [5.74, 6) is -1.15. The summed E-state index contributed by atoms with van der Waals surface area (Å²) in [6, 6.07) is 15.3. The Bertz CT molecular complexity index is 697. The van der Waals surface area contributed by atoms with Gasteiger partial charge in [0.1, 0.15) is 0 Å². The second kappa shape index (κ2) is 10.8. The van der Waals surface area contributed by atoms with Crippen molar-refractivity contribution in [2.75, 3.05) is 0 Å². The molecule has 142 valence electrons. The Labute approximate surface area is 166 Å². The first-order chi connectivity index (χ1) is 12.5. The van der Waals surface area contributed by atoms with Crippen LogP contribution in [0.3, 0.4) is 0 Å². The average Bonchev–Trinajstić information content (AvgIpc) is 2.63. The van der Waals surface area contributed by atoms with Gasteiger partial charge >= 0.3 is 5.97 Å². The van der Waals surface area contributed by atoms with Crippen LogP contribution >= 0.6 is 23.2 Å². The van der Waals surface area contributed by atoms with Crippen molar-refractivity contribution in [2.45, 2.75) is 68.5 Å². The molecule has 0 heterocycles. The summed E-state index contributed by atoms with van der Waals surface area (Å²) in [5.41, 5.74) is 1.42. The predicted octanol–water partition coefficient (Wildman–Crippen LogP) is 7.15. The van der Waals surface area contributed by atoms with Gasteiger partial charge in [-0.3, -0.25) is 0 Å². The average molecular weight is 395 g/mol. The fraction of sp³-hybridized carbons (Fsp3) is 0.500. The number of hydrogen-bond acceptors (Lipinski definition) is 1. The molecule has 0 saturated heterocycles. The van der Waals surface area contributed by atoms with Crippen LogP contribution in [0.2, 0.25) is 0 Å². The maximum Gasteiger partial charge on any atom is 0.340 e. The lowest BCUT2D eigenvalue weighted by molar-refractivity contribution is -0.138. The Hall–Kier alpha value is -1.25. The fourth-order valence-electron chi connectivity index (χ4n) is 3.24. The quantitative estimate of drug-likeness (QED) is 0.306. The molecule has 0 aliphatic carbocycles. The number of hydrogen-bond donors (Lipinski definition) is 1. The number of halogens is 2. The van der Waals surface area contributed by atoms with Crippen molar-refractivity contribution in [1.82, 2.24) is 0 Å². The van der Waals surface area contributed by atoms with Crippen LogP contribution < -0.4 is 0 Å². The van der Waals surface area contributed by atoms with Crippen LogP contribution in [0.25, 0.3) is 10.8 Å². The van der Waals surface area contributed by atoms with Gasteiger partial charge in [0.05, 0.1) is 0 Å². The van der Waals surface area contributed by atoms with Crippen LogP contribution in [0.15, 0.2) is 42.5 Å². The normalized spacial score (nSPS) is 11.8. The molecule has 2 rings (SSSR count). The van der Waals surface area contributed by atoms with Gasteiger partial charge in [0.25, 0.3) is 0 Å². The van der Waals surface area contributed by atoms with Crippen LogP contribution in [-0.4, -0.2) is 15.4 Å². The number of unbranched alkanes of at least 4 members (excludes halogenated alkanes) is 7. The van der Waals surface area contributed by atoms with Gasteiger partial charge < -0.3 is 5.11 Å². The van der Waals surface area contributed by atoms with Crippen molar-refractivity contribution in [2.24, 2.45) is 0 Å². The van der Waals surface area contributed by atoms with Crippen molar-refractivity contribution < 1.29 is 9.90 Å². The molecule has 0 bridgehead atoms. The monoisotopic (exact) mass is 394 g/mol. The molecule has 0 atom stereocenters. The van der Waals surface area contributed by atoms with Gasteiger partial charge in [0, 0.05) is 0 Å². The van der Waals surface area contributed by atoms with Crippen LogP contribution in [0, 0.1) is 0 Å². The summed E-state index contributed by atoms with van der Waals surface area (Å²) >= 11 is 11.4. The highest BCUT2D eigenvalue weighted by Gasteiger charge is 2.32. The molecule has 26 heavy (non-hydrogen) atoms. The maximum atomic E-state index is 10.8. The van der Waals surface area contributed by atoms with E-state index in [1.165, 1.54) is 48.4 Å². The summed E-state index contributed by atoms with van der Waals surface area (Å²) in [7, 11) is 0. The standard InChI is InChI=1S/C22H28Cl2O2/c23-22(24,21(25)26)16-10-6-4-2-1-3-5-7-11-18-14-15-19-12-8-9-13-20(19)17-18/h8-9,12-15,17H,1-7,10-11,16H2,(H,25,26). The minimum absolute atomic E-state index is 0.317. The fourth-order valence-corrected chi connectivity index (χ4v) is 3.51. The Morgan fingerprint density at radius 3 is 2.04 bits per heavy atom. The molecule has 0 aromatic heterocycles. The van der Waals surface area contributed by atoms with Gasteiger partial charge in [-0.1, -0.05) is 104 Å². The van der Waals surface area contributed by atoms with Crippen LogP contribution in [0.5, 0.6) is 0 Å². The Balaban J connectivity index is 1.50. The van der Waals surface area contributed by atoms with Gasteiger partial charge in [-0.25, -0.2) is 4.79 Å². The molecular formula is C22H28Cl2O2. The number of carboxylic acids is 1. The Morgan fingerprint density at radius 2 is 1.38 bits per heavy atom. The molecule has 0 aliphatic rings. The van der Waals surface area contributed by atoms with Gasteiger partial charge in [-0.15, -0.1) is 0 Å². The van der Waals surface area contributed by atoms with E-state index in [0.29, 0.717) is 6.42 Å². The molecule has 0 saturated carbocycles. The number of carbonyl (C=O) groups is 1. The first-order valence-electron chi connectivity index (χ1n) is 9.58. The number of benzene rings is 2. The highest BCUT2D eigenvalue weighted by atomic mass is 35.5. The molecule has 0 amide bonds. The number of fused-ring (bicyclic) bond motifs is 1. The lowest BCUT2D eigenvalue weighted by Gasteiger charge is -2.13. The molecule has 2 aromatic rings. The summed E-state index contributed by atoms with van der Waals surface area (Å²) in [6.45, 7) is 0. The highest BCUT2D eigenvalue weighted by molar-refractivity contribution is 6.57. The molecular weight excluding hydrogens is 367 g/mol. The van der Waals surface area contributed by atoms with E-state index in [-0.39, 0.29) is 0 Å². The minimum Gasteiger partial charge on any atom is -0.479 e. The first kappa shape index (κ1) is 21.1. The Morgan fingerprint density at radius 1 is 0.808 bits per heavy atom. The van der Waals surface area contributed by atoms with Crippen molar-refractivity contribution >= 4 is 39.9 Å². The smallest absolute Gasteiger partial charge is 0.340 e. The van der Waals surface area contributed by atoms with E-state index in [1.54, 1.807) is 0 Å². The third-order valence-corrected chi connectivity index (χ3v) is 5.53. The zero-order valence-corrected chi connectivity index (χ0v) is 16.7. The summed E-state index contributed by atoms with van der Waals surface area (Å²) in [5, 5.41) is 11.5.